The summed E-state index contributed by atoms with van der Waals surface area (Å²) >= 11 is 0. The zero-order chi connectivity index (χ0) is 13.1. The van der Waals surface area contributed by atoms with Gasteiger partial charge < -0.3 is 5.11 Å². The van der Waals surface area contributed by atoms with Crippen LogP contribution >= 0.6 is 0 Å². The van der Waals surface area contributed by atoms with Crippen molar-refractivity contribution in [2.24, 2.45) is 0 Å². The molecule has 2 rings (SSSR count). The van der Waals surface area contributed by atoms with E-state index in [-0.39, 0.29) is 10.5 Å². The van der Waals surface area contributed by atoms with Gasteiger partial charge in [0, 0.05) is 6.08 Å². The first-order valence-electron chi connectivity index (χ1n) is 4.40. The van der Waals surface area contributed by atoms with Gasteiger partial charge in [-0.2, -0.15) is 0 Å². The molecule has 1 amide bonds. The molecule has 0 saturated carbocycles. The molecule has 0 unspecified atom stereocenters. The summed E-state index contributed by atoms with van der Waals surface area (Å²) in [5.74, 6) is -1.53. The average Bonchev–Trinajstić information content (AvgIpc) is 2.51. The van der Waals surface area contributed by atoms with E-state index >= 15 is 0 Å². The Kier molecular flexibility index (Phi) is 3.64. The molecule has 0 bridgehead atoms. The Labute approximate surface area is 97.6 Å². The Morgan fingerprint density at radius 1 is 1.35 bits per heavy atom. The van der Waals surface area contributed by atoms with Gasteiger partial charge in [0.15, 0.2) is 0 Å². The smallest absolute Gasteiger partial charge is 0.327 e. The standard InChI is InChI=1S/C7H5NO3S.C3H4O2/c9-7-5-3-1-2-4-6(5)12(10,11)8-7;1-2-3(4)5/h1-4H,(H,8,9);2H,1H2,(H,4,5). The monoisotopic (exact) mass is 255 g/mol. The number of fused-ring (bicyclic) bond motifs is 1. The molecule has 0 aliphatic carbocycles. The number of benzene rings is 1. The highest BCUT2D eigenvalue weighted by atomic mass is 32.2. The third kappa shape index (κ3) is 2.91. The minimum absolute atomic E-state index is 0.0648. The molecule has 1 aromatic rings. The molecule has 1 aliphatic rings. The van der Waals surface area contributed by atoms with Crippen molar-refractivity contribution in [2.45, 2.75) is 4.90 Å². The number of nitrogens with one attached hydrogen (secondary N) is 1. The normalized spacial score (nSPS) is 14.9. The van der Waals surface area contributed by atoms with Crippen molar-refractivity contribution >= 4 is 21.9 Å². The second kappa shape index (κ2) is 4.79. The highest BCUT2D eigenvalue weighted by Gasteiger charge is 2.31. The summed E-state index contributed by atoms with van der Waals surface area (Å²) < 4.78 is 24.2. The molecule has 0 aromatic heterocycles. The van der Waals surface area contributed by atoms with Gasteiger partial charge in [0.05, 0.1) is 5.56 Å². The van der Waals surface area contributed by atoms with Crippen LogP contribution in [0.25, 0.3) is 0 Å². The van der Waals surface area contributed by atoms with Gasteiger partial charge >= 0.3 is 5.97 Å². The number of amides is 1. The van der Waals surface area contributed by atoms with Crippen LogP contribution in [0.3, 0.4) is 0 Å². The number of carboxylic acids is 1. The topological polar surface area (TPSA) is 101 Å². The average molecular weight is 255 g/mol. The molecule has 7 heteroatoms. The summed E-state index contributed by atoms with van der Waals surface area (Å²) in [4.78, 5) is 20.3. The van der Waals surface area contributed by atoms with E-state index in [9.17, 15) is 18.0 Å². The van der Waals surface area contributed by atoms with Crippen LogP contribution in [0.15, 0.2) is 41.8 Å². The number of carbonyl (C=O) groups is 2. The van der Waals surface area contributed by atoms with E-state index in [2.05, 4.69) is 6.58 Å². The number of rotatable bonds is 1. The molecular weight excluding hydrogens is 246 g/mol. The van der Waals surface area contributed by atoms with Crippen LogP contribution in [0.5, 0.6) is 0 Å². The van der Waals surface area contributed by atoms with E-state index in [1.165, 1.54) is 12.1 Å². The Hall–Kier alpha value is -2.15. The highest BCUT2D eigenvalue weighted by Crippen LogP contribution is 2.20. The van der Waals surface area contributed by atoms with Crippen LogP contribution in [-0.4, -0.2) is 25.4 Å². The van der Waals surface area contributed by atoms with Gasteiger partial charge in [-0.15, -0.1) is 0 Å². The van der Waals surface area contributed by atoms with E-state index in [4.69, 9.17) is 5.11 Å². The van der Waals surface area contributed by atoms with Crippen LogP contribution in [0, 0.1) is 0 Å². The quantitative estimate of drug-likeness (QED) is 0.706. The summed E-state index contributed by atoms with van der Waals surface area (Å²) in [5, 5.41) is 7.60. The molecular formula is C10H9NO5S. The predicted octanol–water partition coefficient (Wildman–Crippen LogP) is 0.376. The van der Waals surface area contributed by atoms with Crippen LogP contribution in [0.2, 0.25) is 0 Å². The zero-order valence-corrected chi connectivity index (χ0v) is 9.40. The van der Waals surface area contributed by atoms with E-state index in [0.29, 0.717) is 0 Å². The fourth-order valence-corrected chi connectivity index (χ4v) is 2.29. The van der Waals surface area contributed by atoms with E-state index in [0.717, 1.165) is 6.08 Å². The maximum atomic E-state index is 11.1. The number of carboxylic acid groups (broad SMARTS) is 1. The molecule has 17 heavy (non-hydrogen) atoms. The second-order valence-electron chi connectivity index (χ2n) is 2.97. The van der Waals surface area contributed by atoms with Crippen molar-refractivity contribution < 1.29 is 23.1 Å². The summed E-state index contributed by atoms with van der Waals surface area (Å²) in [6.45, 7) is 2.96. The summed E-state index contributed by atoms with van der Waals surface area (Å²) in [6, 6.07) is 6.09. The van der Waals surface area contributed by atoms with E-state index < -0.39 is 21.9 Å². The highest BCUT2D eigenvalue weighted by molar-refractivity contribution is 7.90. The van der Waals surface area contributed by atoms with Crippen LogP contribution in [0.4, 0.5) is 0 Å². The minimum atomic E-state index is -3.55. The predicted molar refractivity (Wildman–Crippen MR) is 58.9 cm³/mol. The first kappa shape index (κ1) is 12.9. The van der Waals surface area contributed by atoms with Gasteiger partial charge in [0.2, 0.25) is 0 Å². The van der Waals surface area contributed by atoms with Crippen molar-refractivity contribution in [3.63, 3.8) is 0 Å². The van der Waals surface area contributed by atoms with Gasteiger partial charge in [-0.25, -0.2) is 17.9 Å². The van der Waals surface area contributed by atoms with Crippen LogP contribution in [-0.2, 0) is 14.8 Å². The van der Waals surface area contributed by atoms with Gasteiger partial charge in [0.25, 0.3) is 15.9 Å². The van der Waals surface area contributed by atoms with Crippen molar-refractivity contribution in [2.75, 3.05) is 0 Å². The lowest BCUT2D eigenvalue weighted by Gasteiger charge is -1.91. The number of sulfonamides is 1. The number of carbonyl (C=O) groups excluding carboxylic acids is 1. The molecule has 1 aromatic carbocycles. The summed E-state index contributed by atoms with van der Waals surface area (Å²) in [5.41, 5.74) is 0.220. The Bertz CT molecular complexity index is 576. The van der Waals surface area contributed by atoms with Gasteiger partial charge in [-0.05, 0) is 12.1 Å². The van der Waals surface area contributed by atoms with Gasteiger partial charge in [-0.1, -0.05) is 18.7 Å². The van der Waals surface area contributed by atoms with Crippen molar-refractivity contribution in [1.29, 1.82) is 0 Å². The molecule has 0 saturated heterocycles. The Balaban J connectivity index is 0.000000249. The number of hydrogen-bond acceptors (Lipinski definition) is 4. The first-order valence-corrected chi connectivity index (χ1v) is 5.88. The third-order valence-electron chi connectivity index (χ3n) is 1.82. The summed E-state index contributed by atoms with van der Waals surface area (Å²) in [7, 11) is -3.55. The molecule has 0 radical (unpaired) electrons. The molecule has 1 heterocycles. The van der Waals surface area contributed by atoms with Crippen molar-refractivity contribution in [3.8, 4) is 0 Å². The molecule has 0 spiro atoms. The molecule has 6 nitrogen and oxygen atoms in total. The fraction of sp³-hybridized carbons (Fsp3) is 0. The first-order chi connectivity index (χ1) is 7.88. The molecule has 1 aliphatic heterocycles. The Morgan fingerprint density at radius 2 is 1.88 bits per heavy atom. The third-order valence-corrected chi connectivity index (χ3v) is 3.21. The largest absolute Gasteiger partial charge is 0.478 e. The lowest BCUT2D eigenvalue weighted by atomic mass is 10.2. The SMILES string of the molecule is C=CC(=O)O.O=C1NS(=O)(=O)c2ccccc21. The zero-order valence-electron chi connectivity index (χ0n) is 8.58. The van der Waals surface area contributed by atoms with Crippen molar-refractivity contribution in [1.82, 2.24) is 4.72 Å². The maximum absolute atomic E-state index is 11.1. The Morgan fingerprint density at radius 3 is 2.35 bits per heavy atom. The number of hydrogen-bond donors (Lipinski definition) is 2. The molecule has 0 atom stereocenters. The van der Waals surface area contributed by atoms with Gasteiger partial charge in [-0.3, -0.25) is 4.79 Å². The lowest BCUT2D eigenvalue weighted by molar-refractivity contribution is -0.131. The summed E-state index contributed by atoms with van der Waals surface area (Å²) in [6.07, 6.45) is 0.833. The van der Waals surface area contributed by atoms with E-state index in [1.54, 1.807) is 12.1 Å². The fourth-order valence-electron chi connectivity index (χ4n) is 1.12. The molecule has 0 fully saturated rings. The minimum Gasteiger partial charge on any atom is -0.478 e. The van der Waals surface area contributed by atoms with Crippen molar-refractivity contribution in [3.05, 3.63) is 42.5 Å². The van der Waals surface area contributed by atoms with E-state index in [1.807, 2.05) is 4.72 Å². The molecule has 90 valence electrons. The lowest BCUT2D eigenvalue weighted by Crippen LogP contribution is -2.20. The number of aliphatic carboxylic acids is 1. The van der Waals surface area contributed by atoms with Crippen LogP contribution in [0.1, 0.15) is 10.4 Å². The maximum Gasteiger partial charge on any atom is 0.327 e. The molecule has 2 N–H and O–H groups in total. The van der Waals surface area contributed by atoms with Crippen LogP contribution < -0.4 is 4.72 Å². The van der Waals surface area contributed by atoms with Gasteiger partial charge in [0.1, 0.15) is 4.90 Å². The second-order valence-corrected chi connectivity index (χ2v) is 4.62.